The summed E-state index contributed by atoms with van der Waals surface area (Å²) in [6.45, 7) is 0.264. The zero-order chi connectivity index (χ0) is 19.9. The average molecular weight is 390 g/mol. The Hall–Kier alpha value is -4.05. The number of aromatic nitrogens is 2. The molecule has 30 heavy (non-hydrogen) atoms. The Bertz CT molecular complexity index is 1360. The van der Waals surface area contributed by atoms with Crippen LogP contribution in [-0.2, 0) is 0 Å². The van der Waals surface area contributed by atoms with Gasteiger partial charge in [-0.15, -0.1) is 0 Å². The molecule has 0 spiro atoms. The molecule has 144 valence electrons. The van der Waals surface area contributed by atoms with Crippen molar-refractivity contribution in [3.05, 3.63) is 97.5 Å². The second kappa shape index (κ2) is 6.78. The fourth-order valence-electron chi connectivity index (χ4n) is 4.13. The summed E-state index contributed by atoms with van der Waals surface area (Å²) in [4.78, 5) is 4.69. The zero-order valence-corrected chi connectivity index (χ0v) is 16.2. The number of pyridine rings is 1. The number of nitrogens with zero attached hydrogens (tertiary/aromatic N) is 2. The lowest BCUT2D eigenvalue weighted by Crippen LogP contribution is -1.97. The topological polar surface area (TPSA) is 35.8 Å². The van der Waals surface area contributed by atoms with Crippen molar-refractivity contribution in [1.82, 2.24) is 9.38 Å². The van der Waals surface area contributed by atoms with E-state index in [0.29, 0.717) is 0 Å². The molecule has 4 nitrogen and oxygen atoms in total. The van der Waals surface area contributed by atoms with E-state index in [9.17, 15) is 0 Å². The van der Waals surface area contributed by atoms with E-state index < -0.39 is 0 Å². The molecular formula is C26H18N2O2. The first-order valence-corrected chi connectivity index (χ1v) is 9.89. The molecule has 0 unspecified atom stereocenters. The minimum absolute atomic E-state index is 0.264. The highest BCUT2D eigenvalue weighted by molar-refractivity contribution is 6.00. The number of fused-ring (bicyclic) bond motifs is 2. The van der Waals surface area contributed by atoms with Gasteiger partial charge in [0, 0.05) is 35.3 Å². The highest BCUT2D eigenvalue weighted by atomic mass is 16.7. The van der Waals surface area contributed by atoms with Crippen molar-refractivity contribution in [2.45, 2.75) is 0 Å². The molecule has 0 N–H and O–H groups in total. The van der Waals surface area contributed by atoms with Gasteiger partial charge in [-0.1, -0.05) is 66.7 Å². The molecule has 1 aliphatic heterocycles. The van der Waals surface area contributed by atoms with Gasteiger partial charge < -0.3 is 13.9 Å². The smallest absolute Gasteiger partial charge is 0.231 e. The van der Waals surface area contributed by atoms with Crippen LogP contribution in [0.25, 0.3) is 39.0 Å². The molecule has 3 aromatic carbocycles. The molecule has 0 bridgehead atoms. The molecule has 0 amide bonds. The highest BCUT2D eigenvalue weighted by Crippen LogP contribution is 2.44. The number of ether oxygens (including phenoxy) is 2. The van der Waals surface area contributed by atoms with Gasteiger partial charge in [-0.3, -0.25) is 0 Å². The predicted octanol–water partition coefficient (Wildman–Crippen LogP) is 6.06. The number of rotatable bonds is 3. The molecule has 2 aromatic heterocycles. The molecule has 0 aliphatic carbocycles. The van der Waals surface area contributed by atoms with Gasteiger partial charge in [-0.05, 0) is 28.8 Å². The van der Waals surface area contributed by atoms with E-state index in [1.165, 1.54) is 0 Å². The van der Waals surface area contributed by atoms with E-state index in [1.807, 2.05) is 30.6 Å². The second-order valence-corrected chi connectivity index (χ2v) is 7.25. The van der Waals surface area contributed by atoms with Crippen molar-refractivity contribution < 1.29 is 9.47 Å². The molecule has 0 radical (unpaired) electrons. The van der Waals surface area contributed by atoms with Crippen LogP contribution in [0.15, 0.2) is 97.5 Å². The number of benzene rings is 3. The zero-order valence-electron chi connectivity index (χ0n) is 16.2. The van der Waals surface area contributed by atoms with Crippen molar-refractivity contribution >= 4 is 5.65 Å². The molecular weight excluding hydrogens is 372 g/mol. The maximum atomic E-state index is 5.65. The first kappa shape index (κ1) is 16.9. The van der Waals surface area contributed by atoms with Crippen LogP contribution in [0, 0.1) is 0 Å². The summed E-state index contributed by atoms with van der Waals surface area (Å²) in [5.41, 5.74) is 7.67. The van der Waals surface area contributed by atoms with Crippen molar-refractivity contribution in [2.75, 3.05) is 6.79 Å². The highest BCUT2D eigenvalue weighted by Gasteiger charge is 2.21. The van der Waals surface area contributed by atoms with Crippen molar-refractivity contribution in [2.24, 2.45) is 0 Å². The van der Waals surface area contributed by atoms with Crippen LogP contribution >= 0.6 is 0 Å². The van der Waals surface area contributed by atoms with Crippen LogP contribution in [0.4, 0.5) is 0 Å². The van der Waals surface area contributed by atoms with E-state index in [4.69, 9.17) is 14.5 Å². The van der Waals surface area contributed by atoms with Gasteiger partial charge in [0.1, 0.15) is 5.65 Å². The second-order valence-electron chi connectivity index (χ2n) is 7.25. The van der Waals surface area contributed by atoms with Crippen LogP contribution in [-0.4, -0.2) is 16.2 Å². The Morgan fingerprint density at radius 3 is 2.17 bits per heavy atom. The van der Waals surface area contributed by atoms with E-state index >= 15 is 0 Å². The Morgan fingerprint density at radius 2 is 1.40 bits per heavy atom. The fourth-order valence-corrected chi connectivity index (χ4v) is 4.13. The first-order valence-electron chi connectivity index (χ1n) is 9.89. The minimum atomic E-state index is 0.264. The lowest BCUT2D eigenvalue weighted by atomic mass is 9.89. The lowest BCUT2D eigenvalue weighted by Gasteiger charge is -2.18. The Kier molecular flexibility index (Phi) is 3.81. The van der Waals surface area contributed by atoms with E-state index in [-0.39, 0.29) is 6.79 Å². The maximum Gasteiger partial charge on any atom is 0.231 e. The summed E-state index contributed by atoms with van der Waals surface area (Å²) >= 11 is 0. The summed E-state index contributed by atoms with van der Waals surface area (Å²) < 4.78 is 13.3. The quantitative estimate of drug-likeness (QED) is 0.375. The minimum Gasteiger partial charge on any atom is -0.454 e. The summed E-state index contributed by atoms with van der Waals surface area (Å²) in [5.74, 6) is 1.56. The van der Waals surface area contributed by atoms with Crippen LogP contribution < -0.4 is 9.47 Å². The van der Waals surface area contributed by atoms with Gasteiger partial charge in [0.25, 0.3) is 0 Å². The molecule has 1 aliphatic rings. The Labute approximate surface area is 174 Å². The summed E-state index contributed by atoms with van der Waals surface area (Å²) in [5, 5.41) is 0. The summed E-state index contributed by atoms with van der Waals surface area (Å²) in [6, 6.07) is 27.1. The Balaban J connectivity index is 1.73. The van der Waals surface area contributed by atoms with E-state index in [1.54, 1.807) is 0 Å². The maximum absolute atomic E-state index is 5.65. The SMILES string of the molecule is c1ccc(-c2c(-c3ccc4c(c3)OCO4)cn3ccnc3c2-c2ccccc2)cc1. The van der Waals surface area contributed by atoms with Gasteiger partial charge >= 0.3 is 0 Å². The molecule has 0 atom stereocenters. The third-order valence-corrected chi connectivity index (χ3v) is 5.49. The van der Waals surface area contributed by atoms with Crippen LogP contribution in [0.3, 0.4) is 0 Å². The van der Waals surface area contributed by atoms with Crippen molar-refractivity contribution in [1.29, 1.82) is 0 Å². The molecule has 6 rings (SSSR count). The standard InChI is InChI=1S/C26H18N2O2/c1-3-7-18(8-4-1)24-21(20-11-12-22-23(15-20)30-17-29-22)16-28-14-13-27-26(28)25(24)19-9-5-2-6-10-19/h1-16H,17H2. The van der Waals surface area contributed by atoms with Crippen LogP contribution in [0.1, 0.15) is 0 Å². The number of hydrogen-bond donors (Lipinski definition) is 0. The number of imidazole rings is 1. The normalized spacial score (nSPS) is 12.4. The average Bonchev–Trinajstić information content (AvgIpc) is 3.47. The van der Waals surface area contributed by atoms with E-state index in [2.05, 4.69) is 71.3 Å². The lowest BCUT2D eigenvalue weighted by molar-refractivity contribution is 0.174. The molecule has 0 saturated carbocycles. The first-order chi connectivity index (χ1) is 14.9. The predicted molar refractivity (Wildman–Crippen MR) is 118 cm³/mol. The molecule has 3 heterocycles. The summed E-state index contributed by atoms with van der Waals surface area (Å²) in [7, 11) is 0. The van der Waals surface area contributed by atoms with Crippen LogP contribution in [0.2, 0.25) is 0 Å². The molecule has 4 heteroatoms. The Morgan fingerprint density at radius 1 is 0.700 bits per heavy atom. The van der Waals surface area contributed by atoms with Gasteiger partial charge in [0.15, 0.2) is 11.5 Å². The molecule has 5 aromatic rings. The molecule has 0 saturated heterocycles. The van der Waals surface area contributed by atoms with Gasteiger partial charge in [-0.2, -0.15) is 0 Å². The van der Waals surface area contributed by atoms with Crippen molar-refractivity contribution in [3.8, 4) is 44.9 Å². The third-order valence-electron chi connectivity index (χ3n) is 5.49. The fraction of sp³-hybridized carbons (Fsp3) is 0.0385. The third kappa shape index (κ3) is 2.65. The summed E-state index contributed by atoms with van der Waals surface area (Å²) in [6.07, 6.45) is 5.99. The number of hydrogen-bond acceptors (Lipinski definition) is 3. The largest absolute Gasteiger partial charge is 0.454 e. The van der Waals surface area contributed by atoms with Gasteiger partial charge in [0.2, 0.25) is 6.79 Å². The van der Waals surface area contributed by atoms with Crippen molar-refractivity contribution in [3.63, 3.8) is 0 Å². The van der Waals surface area contributed by atoms with Gasteiger partial charge in [-0.25, -0.2) is 4.98 Å². The van der Waals surface area contributed by atoms with E-state index in [0.717, 1.165) is 50.5 Å². The van der Waals surface area contributed by atoms with Crippen LogP contribution in [0.5, 0.6) is 11.5 Å². The molecule has 0 fully saturated rings. The monoisotopic (exact) mass is 390 g/mol. The van der Waals surface area contributed by atoms with Gasteiger partial charge in [0.05, 0.1) is 0 Å².